The predicted octanol–water partition coefficient (Wildman–Crippen LogP) is 4.36. The lowest BCUT2D eigenvalue weighted by molar-refractivity contribution is -0.134. The second-order valence-corrected chi connectivity index (χ2v) is 7.89. The number of benzene rings is 1. The molecule has 0 radical (unpaired) electrons. The molecular weight excluding hydrogens is 350 g/mol. The number of hydrogen-bond donors (Lipinski definition) is 0. The average molecular weight is 374 g/mol. The zero-order chi connectivity index (χ0) is 17.9. The quantitative estimate of drug-likeness (QED) is 0.798. The third kappa shape index (κ3) is 3.93. The van der Waals surface area contributed by atoms with Crippen LogP contribution in [0.25, 0.3) is 11.4 Å². The van der Waals surface area contributed by atoms with E-state index < -0.39 is 0 Å². The Morgan fingerprint density at radius 3 is 2.73 bits per heavy atom. The maximum absolute atomic E-state index is 12.6. The minimum Gasteiger partial charge on any atom is -0.342 e. The van der Waals surface area contributed by atoms with Gasteiger partial charge in [-0.15, -0.1) is 0 Å². The van der Waals surface area contributed by atoms with Crippen molar-refractivity contribution in [3.8, 4) is 11.4 Å². The molecule has 2 aliphatic rings. The molecule has 1 amide bonds. The molecule has 6 heteroatoms. The standard InChI is InChI=1S/C20H24ClN3O2/c21-17-7-5-15(6-8-17)20-22-18(26-23-20)9-10-19(25)24-12-11-14-3-1-2-4-16(14)13-24/h5-8,14,16H,1-4,9-13H2/t14-,16-/m1/s1. The monoisotopic (exact) mass is 373 g/mol. The van der Waals surface area contributed by atoms with E-state index in [1.54, 1.807) is 12.1 Å². The molecule has 0 bridgehead atoms. The first-order chi connectivity index (χ1) is 12.7. The van der Waals surface area contributed by atoms with Crippen LogP contribution in [0.5, 0.6) is 0 Å². The predicted molar refractivity (Wildman–Crippen MR) is 99.7 cm³/mol. The Morgan fingerprint density at radius 1 is 1.15 bits per heavy atom. The maximum atomic E-state index is 12.6. The Kier molecular flexibility index (Phi) is 5.25. The number of carbonyl (C=O) groups excluding carboxylic acids is 1. The van der Waals surface area contributed by atoms with Crippen LogP contribution >= 0.6 is 11.6 Å². The van der Waals surface area contributed by atoms with Crippen LogP contribution in [0.2, 0.25) is 5.02 Å². The Hall–Kier alpha value is -1.88. The Balaban J connectivity index is 1.31. The number of rotatable bonds is 4. The van der Waals surface area contributed by atoms with Crippen molar-refractivity contribution in [2.45, 2.75) is 44.9 Å². The van der Waals surface area contributed by atoms with Gasteiger partial charge in [-0.1, -0.05) is 36.0 Å². The highest BCUT2D eigenvalue weighted by Crippen LogP contribution is 2.36. The minimum atomic E-state index is 0.209. The van der Waals surface area contributed by atoms with Crippen LogP contribution in [0.4, 0.5) is 0 Å². The molecule has 2 fully saturated rings. The van der Waals surface area contributed by atoms with Gasteiger partial charge in [0.05, 0.1) is 0 Å². The van der Waals surface area contributed by atoms with Gasteiger partial charge in [-0.2, -0.15) is 4.98 Å². The fourth-order valence-electron chi connectivity index (χ4n) is 4.27. The number of amides is 1. The van der Waals surface area contributed by atoms with E-state index in [0.717, 1.165) is 31.0 Å². The van der Waals surface area contributed by atoms with E-state index >= 15 is 0 Å². The molecule has 1 saturated heterocycles. The summed E-state index contributed by atoms with van der Waals surface area (Å²) in [5.74, 6) is 2.80. The molecule has 1 aromatic carbocycles. The van der Waals surface area contributed by atoms with Crippen LogP contribution in [0.1, 0.15) is 44.4 Å². The lowest BCUT2D eigenvalue weighted by atomic mass is 9.75. The number of carbonyl (C=O) groups is 1. The molecule has 2 heterocycles. The number of hydrogen-bond acceptors (Lipinski definition) is 4. The molecular formula is C20H24ClN3O2. The smallest absolute Gasteiger partial charge is 0.227 e. The van der Waals surface area contributed by atoms with E-state index in [1.165, 1.54) is 25.7 Å². The molecule has 1 aliphatic carbocycles. The Labute approximate surface area is 158 Å². The molecule has 2 atom stereocenters. The van der Waals surface area contributed by atoms with E-state index in [9.17, 15) is 4.79 Å². The van der Waals surface area contributed by atoms with Crippen LogP contribution in [-0.2, 0) is 11.2 Å². The van der Waals surface area contributed by atoms with E-state index in [-0.39, 0.29) is 5.91 Å². The summed E-state index contributed by atoms with van der Waals surface area (Å²) in [5, 5.41) is 4.68. The molecule has 1 aromatic heterocycles. The second-order valence-electron chi connectivity index (χ2n) is 7.45. The fourth-order valence-corrected chi connectivity index (χ4v) is 4.40. The van der Waals surface area contributed by atoms with E-state index in [0.29, 0.717) is 35.5 Å². The number of aromatic nitrogens is 2. The van der Waals surface area contributed by atoms with Crippen molar-refractivity contribution in [3.63, 3.8) is 0 Å². The number of halogens is 1. The molecule has 5 nitrogen and oxygen atoms in total. The number of fused-ring (bicyclic) bond motifs is 1. The Bertz CT molecular complexity index is 759. The summed E-state index contributed by atoms with van der Waals surface area (Å²) in [7, 11) is 0. The lowest BCUT2D eigenvalue weighted by Crippen LogP contribution is -2.44. The SMILES string of the molecule is O=C(CCc1nc(-c2ccc(Cl)cc2)no1)N1CC[C@H]2CCCC[C@@H]2C1. The summed E-state index contributed by atoms with van der Waals surface area (Å²) >= 11 is 5.90. The first-order valence-corrected chi connectivity index (χ1v) is 9.93. The van der Waals surface area contributed by atoms with Crippen LogP contribution in [0, 0.1) is 11.8 Å². The number of aryl methyl sites for hydroxylation is 1. The Morgan fingerprint density at radius 2 is 1.92 bits per heavy atom. The summed E-state index contributed by atoms with van der Waals surface area (Å²) in [6.07, 6.45) is 7.40. The van der Waals surface area contributed by atoms with Gasteiger partial charge in [-0.25, -0.2) is 0 Å². The fraction of sp³-hybridized carbons (Fsp3) is 0.550. The normalized spacial score (nSPS) is 22.9. The lowest BCUT2D eigenvalue weighted by Gasteiger charge is -2.41. The number of piperidine rings is 1. The van der Waals surface area contributed by atoms with Gasteiger partial charge in [0.15, 0.2) is 0 Å². The molecule has 138 valence electrons. The zero-order valence-corrected chi connectivity index (χ0v) is 15.6. The van der Waals surface area contributed by atoms with Gasteiger partial charge < -0.3 is 9.42 Å². The summed E-state index contributed by atoms with van der Waals surface area (Å²) in [6, 6.07) is 7.31. The maximum Gasteiger partial charge on any atom is 0.227 e. The van der Waals surface area contributed by atoms with Crippen LogP contribution in [0.3, 0.4) is 0 Å². The molecule has 0 N–H and O–H groups in total. The zero-order valence-electron chi connectivity index (χ0n) is 14.9. The van der Waals surface area contributed by atoms with Crippen molar-refractivity contribution in [2.75, 3.05) is 13.1 Å². The van der Waals surface area contributed by atoms with Gasteiger partial charge in [-0.3, -0.25) is 4.79 Å². The van der Waals surface area contributed by atoms with Gasteiger partial charge in [0, 0.05) is 36.5 Å². The molecule has 1 saturated carbocycles. The number of likely N-dealkylation sites (tertiary alicyclic amines) is 1. The largest absolute Gasteiger partial charge is 0.342 e. The van der Waals surface area contributed by atoms with Crippen molar-refractivity contribution in [2.24, 2.45) is 11.8 Å². The highest BCUT2D eigenvalue weighted by Gasteiger charge is 2.32. The van der Waals surface area contributed by atoms with Gasteiger partial charge in [-0.05, 0) is 48.9 Å². The van der Waals surface area contributed by atoms with Crippen LogP contribution < -0.4 is 0 Å². The van der Waals surface area contributed by atoms with Crippen LogP contribution in [0.15, 0.2) is 28.8 Å². The molecule has 1 aliphatic heterocycles. The summed E-state index contributed by atoms with van der Waals surface area (Å²) < 4.78 is 5.31. The summed E-state index contributed by atoms with van der Waals surface area (Å²) in [5.41, 5.74) is 0.857. The molecule has 26 heavy (non-hydrogen) atoms. The van der Waals surface area contributed by atoms with Crippen LogP contribution in [-0.4, -0.2) is 34.0 Å². The van der Waals surface area contributed by atoms with Crippen molar-refractivity contribution < 1.29 is 9.32 Å². The van der Waals surface area contributed by atoms with Crippen molar-refractivity contribution in [1.29, 1.82) is 0 Å². The summed E-state index contributed by atoms with van der Waals surface area (Å²) in [6.45, 7) is 1.84. The van der Waals surface area contributed by atoms with E-state index in [1.807, 2.05) is 17.0 Å². The molecule has 0 unspecified atom stereocenters. The van der Waals surface area contributed by atoms with Crippen molar-refractivity contribution in [1.82, 2.24) is 15.0 Å². The van der Waals surface area contributed by atoms with E-state index in [4.69, 9.17) is 16.1 Å². The van der Waals surface area contributed by atoms with Crippen molar-refractivity contribution >= 4 is 17.5 Å². The second kappa shape index (κ2) is 7.78. The molecule has 2 aromatic rings. The molecule has 0 spiro atoms. The van der Waals surface area contributed by atoms with E-state index in [2.05, 4.69) is 10.1 Å². The highest BCUT2D eigenvalue weighted by molar-refractivity contribution is 6.30. The first-order valence-electron chi connectivity index (χ1n) is 9.55. The topological polar surface area (TPSA) is 59.2 Å². The average Bonchev–Trinajstić information content (AvgIpc) is 3.15. The minimum absolute atomic E-state index is 0.209. The third-order valence-electron chi connectivity index (χ3n) is 5.77. The molecule has 4 rings (SSSR count). The number of nitrogens with zero attached hydrogens (tertiary/aromatic N) is 3. The first kappa shape index (κ1) is 17.5. The summed E-state index contributed by atoms with van der Waals surface area (Å²) in [4.78, 5) is 19.0. The van der Waals surface area contributed by atoms with Gasteiger partial charge in [0.2, 0.25) is 17.6 Å². The van der Waals surface area contributed by atoms with Crippen molar-refractivity contribution in [3.05, 3.63) is 35.2 Å². The van der Waals surface area contributed by atoms with Gasteiger partial charge in [0.1, 0.15) is 0 Å². The highest BCUT2D eigenvalue weighted by atomic mass is 35.5. The van der Waals surface area contributed by atoms with Gasteiger partial charge >= 0.3 is 0 Å². The van der Waals surface area contributed by atoms with Gasteiger partial charge in [0.25, 0.3) is 0 Å². The third-order valence-corrected chi connectivity index (χ3v) is 6.02.